The second kappa shape index (κ2) is 10.8. The average molecular weight is 293 g/mol. The molecule has 0 aliphatic rings. The number of halogens is 2. The van der Waals surface area contributed by atoms with Gasteiger partial charge in [0.15, 0.2) is 0 Å². The molecule has 0 aromatic carbocycles. The number of carbonyl (C=O) groups excluding carboxylic acids is 1. The second-order valence-electron chi connectivity index (χ2n) is 0.743. The predicted molar refractivity (Wildman–Crippen MR) is 35.5 cm³/mol. The number of methoxy groups -OCH3 is 1. The molecule has 0 aromatic heterocycles. The first-order valence-electron chi connectivity index (χ1n) is 1.57. The van der Waals surface area contributed by atoms with Crippen LogP contribution < -0.4 is 0 Å². The van der Waals surface area contributed by atoms with Crippen molar-refractivity contribution < 1.29 is 20.6 Å². The van der Waals surface area contributed by atoms with Crippen molar-refractivity contribution in [2.75, 3.05) is 7.11 Å². The fourth-order valence-corrected chi connectivity index (χ4v) is 0. The number of ether oxygens (including phenoxy) is 1. The molecule has 0 amide bonds. The minimum atomic E-state index is -0.245. The summed E-state index contributed by atoms with van der Waals surface area (Å²) in [5.74, 6) is -0.245. The van der Waals surface area contributed by atoms with Gasteiger partial charge in [-0.25, -0.2) is 0 Å². The van der Waals surface area contributed by atoms with E-state index >= 15 is 0 Å². The summed E-state index contributed by atoms with van der Waals surface area (Å²) in [7, 11) is 1.35. The molecular formula is C3H6Br2CoO2. The van der Waals surface area contributed by atoms with E-state index in [1.54, 1.807) is 0 Å². The van der Waals surface area contributed by atoms with Gasteiger partial charge in [0.1, 0.15) is 0 Å². The van der Waals surface area contributed by atoms with Crippen LogP contribution in [0.1, 0.15) is 6.92 Å². The average Bonchev–Trinajstić information content (AvgIpc) is 1.69. The number of esters is 1. The van der Waals surface area contributed by atoms with Crippen LogP contribution in [0.3, 0.4) is 0 Å². The van der Waals surface area contributed by atoms with E-state index in [-0.39, 0.29) is 5.97 Å². The molecule has 53 valence electrons. The molecule has 8 heavy (non-hydrogen) atoms. The maximum absolute atomic E-state index is 9.59. The molecule has 0 bridgehead atoms. The summed E-state index contributed by atoms with van der Waals surface area (Å²) in [6.45, 7) is 1.36. The summed E-state index contributed by atoms with van der Waals surface area (Å²) in [4.78, 5) is 9.59. The molecule has 0 radical (unpaired) electrons. The number of hydrogen-bond acceptors (Lipinski definition) is 2. The molecule has 0 saturated heterocycles. The molecular weight excluding hydrogens is 287 g/mol. The van der Waals surface area contributed by atoms with Gasteiger partial charge in [-0.15, -0.1) is 0 Å². The van der Waals surface area contributed by atoms with Gasteiger partial charge in [-0.05, 0) is 0 Å². The first-order valence-corrected chi connectivity index (χ1v) is 6.71. The third kappa shape index (κ3) is 28.3. The zero-order chi connectivity index (χ0) is 6.99. The van der Waals surface area contributed by atoms with Gasteiger partial charge in [0.2, 0.25) is 0 Å². The van der Waals surface area contributed by atoms with Crippen LogP contribution in [0.5, 0.6) is 0 Å². The summed E-state index contributed by atoms with van der Waals surface area (Å²) >= 11 is 7.12. The summed E-state index contributed by atoms with van der Waals surface area (Å²) in [5.41, 5.74) is 0. The zero-order valence-electron chi connectivity index (χ0n) is 4.41. The van der Waals surface area contributed by atoms with Crippen LogP contribution in [0.2, 0.25) is 0 Å². The topological polar surface area (TPSA) is 26.3 Å². The van der Waals surface area contributed by atoms with Crippen molar-refractivity contribution in [3.8, 4) is 0 Å². The van der Waals surface area contributed by atoms with E-state index in [0.717, 1.165) is 11.1 Å². The van der Waals surface area contributed by atoms with Crippen LogP contribution in [0.4, 0.5) is 0 Å². The normalized spacial score (nSPS) is 7.00. The van der Waals surface area contributed by atoms with Crippen LogP contribution in [-0.2, 0) is 20.6 Å². The first-order chi connectivity index (χ1) is 3.68. The van der Waals surface area contributed by atoms with Crippen molar-refractivity contribution in [3.63, 3.8) is 0 Å². The molecule has 0 atom stereocenters. The maximum atomic E-state index is 9.59. The van der Waals surface area contributed by atoms with Crippen LogP contribution in [0.25, 0.3) is 0 Å². The van der Waals surface area contributed by atoms with Crippen molar-refractivity contribution in [3.05, 3.63) is 0 Å². The summed E-state index contributed by atoms with van der Waals surface area (Å²) in [6, 6.07) is 0. The Morgan fingerprint density at radius 1 is 1.62 bits per heavy atom. The molecule has 0 spiro atoms. The minimum absolute atomic E-state index is 0.245. The number of carbonyl (C=O) groups is 1. The molecule has 5 heteroatoms. The molecule has 0 unspecified atom stereocenters. The Kier molecular flexibility index (Phi) is 15.8. The van der Waals surface area contributed by atoms with Gasteiger partial charge >= 0.3 is 45.4 Å². The van der Waals surface area contributed by atoms with Crippen LogP contribution in [-0.4, -0.2) is 13.1 Å². The standard InChI is InChI=1S/C3H6O2.2BrH.Co/c1-3(4)5-2;;;/h1-2H3;2*1H;/q;;;+2/p-2. The van der Waals surface area contributed by atoms with Crippen LogP contribution in [0, 0.1) is 0 Å². The third-order valence-corrected chi connectivity index (χ3v) is 0.287. The zero-order valence-corrected chi connectivity index (χ0v) is 8.62. The van der Waals surface area contributed by atoms with E-state index in [0.29, 0.717) is 0 Å². The van der Waals surface area contributed by atoms with E-state index in [1.807, 2.05) is 0 Å². The Hall–Kier alpha value is 0.936. The van der Waals surface area contributed by atoms with Crippen molar-refractivity contribution >= 4 is 34.3 Å². The van der Waals surface area contributed by atoms with E-state index in [4.69, 9.17) is 0 Å². The second-order valence-corrected chi connectivity index (χ2v) is 6.00. The summed E-state index contributed by atoms with van der Waals surface area (Å²) in [5, 5.41) is 0. The molecule has 0 N–H and O–H groups in total. The SMILES string of the molecule is COC(C)=O.[Br][Co][Br]. The van der Waals surface area contributed by atoms with Crippen LogP contribution in [0.15, 0.2) is 0 Å². The van der Waals surface area contributed by atoms with Gasteiger partial charge in [-0.3, -0.25) is 4.79 Å². The quantitative estimate of drug-likeness (QED) is 0.637. The fraction of sp³-hybridized carbons (Fsp3) is 0.667. The third-order valence-electron chi connectivity index (χ3n) is 0.287. The van der Waals surface area contributed by atoms with Gasteiger partial charge in [0.05, 0.1) is 7.11 Å². The van der Waals surface area contributed by atoms with Gasteiger partial charge < -0.3 is 4.74 Å². The van der Waals surface area contributed by atoms with E-state index < -0.39 is 0 Å². The molecule has 0 aromatic rings. The monoisotopic (exact) mass is 291 g/mol. The van der Waals surface area contributed by atoms with Gasteiger partial charge in [-0.1, -0.05) is 0 Å². The fourth-order valence-electron chi connectivity index (χ4n) is 0. The summed E-state index contributed by atoms with van der Waals surface area (Å²) in [6.07, 6.45) is 0. The molecule has 0 rings (SSSR count). The van der Waals surface area contributed by atoms with Gasteiger partial charge in [0, 0.05) is 6.92 Å². The number of hydrogen-bond donors (Lipinski definition) is 0. The Bertz CT molecular complexity index is 59.2. The van der Waals surface area contributed by atoms with Crippen molar-refractivity contribution in [2.45, 2.75) is 6.92 Å². The van der Waals surface area contributed by atoms with Gasteiger partial charge in [0.25, 0.3) is 0 Å². The molecule has 2 nitrogen and oxygen atoms in total. The Morgan fingerprint density at radius 3 is 1.75 bits per heavy atom. The predicted octanol–water partition coefficient (Wildman–Crippen LogP) is 1.87. The molecule has 0 aliphatic carbocycles. The Morgan fingerprint density at radius 2 is 1.75 bits per heavy atom. The summed E-state index contributed by atoms with van der Waals surface area (Å²) < 4.78 is 4.11. The molecule has 0 aliphatic heterocycles. The van der Waals surface area contributed by atoms with Crippen molar-refractivity contribution in [2.24, 2.45) is 0 Å². The van der Waals surface area contributed by atoms with Crippen LogP contribution >= 0.6 is 28.3 Å². The van der Waals surface area contributed by atoms with E-state index in [1.165, 1.54) is 14.0 Å². The molecule has 0 saturated carbocycles. The molecule has 0 fully saturated rings. The first kappa shape index (κ1) is 11.7. The van der Waals surface area contributed by atoms with E-state index in [9.17, 15) is 4.79 Å². The van der Waals surface area contributed by atoms with Gasteiger partial charge in [-0.2, -0.15) is 0 Å². The van der Waals surface area contributed by atoms with Crippen molar-refractivity contribution in [1.82, 2.24) is 0 Å². The van der Waals surface area contributed by atoms with Crippen molar-refractivity contribution in [1.29, 1.82) is 0 Å². The van der Waals surface area contributed by atoms with E-state index in [2.05, 4.69) is 33.1 Å². The number of rotatable bonds is 0. The Labute approximate surface area is 68.8 Å². The molecule has 0 heterocycles. The Balaban J connectivity index is 0.